The van der Waals surface area contributed by atoms with Crippen LogP contribution < -0.4 is 10.1 Å². The fourth-order valence-corrected chi connectivity index (χ4v) is 6.43. The molecule has 4 heterocycles. The lowest BCUT2D eigenvalue weighted by atomic mass is 10.1. The molecule has 9 heteroatoms. The fourth-order valence-electron chi connectivity index (χ4n) is 5.42. The zero-order valence-corrected chi connectivity index (χ0v) is 20.6. The second-order valence-corrected chi connectivity index (χ2v) is 10.4. The first-order valence-electron chi connectivity index (χ1n) is 11.7. The third-order valence-electron chi connectivity index (χ3n) is 7.51. The molecule has 3 aromatic heterocycles. The van der Waals surface area contributed by atoms with Crippen LogP contribution in [0.25, 0.3) is 21.1 Å². The average Bonchev–Trinajstić information content (AvgIpc) is 3.19. The number of amides is 2. The van der Waals surface area contributed by atoms with Crippen molar-refractivity contribution < 1.29 is 19.4 Å². The van der Waals surface area contributed by atoms with Gasteiger partial charge in [0.05, 0.1) is 37.8 Å². The summed E-state index contributed by atoms with van der Waals surface area (Å²) >= 11 is 1.37. The summed E-state index contributed by atoms with van der Waals surface area (Å²) in [5, 5.41) is 13.7. The van der Waals surface area contributed by atoms with Crippen LogP contribution in [-0.4, -0.2) is 56.6 Å². The first-order valence-corrected chi connectivity index (χ1v) is 12.5. The molecule has 1 spiro atoms. The third kappa shape index (κ3) is 3.25. The molecule has 2 aliphatic rings. The van der Waals surface area contributed by atoms with Gasteiger partial charge in [0.1, 0.15) is 11.5 Å². The second-order valence-electron chi connectivity index (χ2n) is 9.40. The number of carbonyl (C=O) groups excluding carboxylic acids is 2. The number of likely N-dealkylation sites (tertiary alicyclic amines) is 1. The van der Waals surface area contributed by atoms with Gasteiger partial charge in [0, 0.05) is 56.5 Å². The van der Waals surface area contributed by atoms with Gasteiger partial charge in [0.25, 0.3) is 11.8 Å². The normalized spacial score (nSPS) is 21.3. The summed E-state index contributed by atoms with van der Waals surface area (Å²) < 4.78 is 9.05. The summed E-state index contributed by atoms with van der Waals surface area (Å²) in [6.45, 7) is 2.60. The van der Waals surface area contributed by atoms with E-state index in [1.165, 1.54) is 11.3 Å². The molecule has 2 amide bonds. The number of aliphatic hydroxyl groups excluding tert-OH is 1. The van der Waals surface area contributed by atoms with Crippen LogP contribution in [0, 0.1) is 6.92 Å². The number of nitrogens with one attached hydrogen (secondary N) is 1. The summed E-state index contributed by atoms with van der Waals surface area (Å²) in [7, 11) is 3.56. The smallest absolute Gasteiger partial charge is 0.264 e. The van der Waals surface area contributed by atoms with E-state index in [2.05, 4.69) is 10.3 Å². The number of ether oxygens (including phenoxy) is 1. The van der Waals surface area contributed by atoms with Crippen molar-refractivity contribution >= 4 is 44.3 Å². The highest BCUT2D eigenvalue weighted by Gasteiger charge is 2.61. The molecule has 1 saturated carbocycles. The SMILES string of the molecule is CNC(=O)c1c(C)n(C)c2cc(Oc3ccnc4cc(C(=O)N5CCCC56C[C@@H]6O)sc34)ccc12. The molecule has 1 unspecified atom stereocenters. The zero-order chi connectivity index (χ0) is 24.5. The Bertz CT molecular complexity index is 1520. The number of carbonyl (C=O) groups is 2. The molecular weight excluding hydrogens is 464 g/mol. The van der Waals surface area contributed by atoms with Crippen molar-refractivity contribution in [2.45, 2.75) is 37.8 Å². The Hall–Kier alpha value is -3.43. The Balaban J connectivity index is 1.34. The second kappa shape index (κ2) is 7.79. The number of hydrogen-bond acceptors (Lipinski definition) is 6. The van der Waals surface area contributed by atoms with Crippen LogP contribution in [0.15, 0.2) is 36.5 Å². The minimum Gasteiger partial charge on any atom is -0.456 e. The van der Waals surface area contributed by atoms with Crippen molar-refractivity contribution in [2.75, 3.05) is 13.6 Å². The minimum absolute atomic E-state index is 0.0459. The number of aliphatic hydroxyl groups is 1. The maximum Gasteiger partial charge on any atom is 0.264 e. The summed E-state index contributed by atoms with van der Waals surface area (Å²) in [5.41, 5.74) is 2.77. The summed E-state index contributed by atoms with van der Waals surface area (Å²) in [4.78, 5) is 32.6. The predicted octanol–water partition coefficient (Wildman–Crippen LogP) is 3.99. The lowest BCUT2D eigenvalue weighted by Gasteiger charge is -2.23. The molecular formula is C26H26N4O4S. The van der Waals surface area contributed by atoms with E-state index in [9.17, 15) is 14.7 Å². The highest BCUT2D eigenvalue weighted by Crippen LogP contribution is 2.50. The summed E-state index contributed by atoms with van der Waals surface area (Å²) in [5.74, 6) is 1.09. The monoisotopic (exact) mass is 490 g/mol. The highest BCUT2D eigenvalue weighted by atomic mass is 32.1. The van der Waals surface area contributed by atoms with E-state index in [4.69, 9.17) is 4.74 Å². The van der Waals surface area contributed by atoms with Crippen LogP contribution in [0.1, 0.15) is 45.0 Å². The molecule has 1 aromatic carbocycles. The number of pyridine rings is 1. The molecule has 1 aliphatic heterocycles. The number of rotatable bonds is 4. The van der Waals surface area contributed by atoms with Crippen LogP contribution in [0.3, 0.4) is 0 Å². The van der Waals surface area contributed by atoms with Crippen LogP contribution >= 0.6 is 11.3 Å². The number of benzene rings is 1. The number of fused-ring (bicyclic) bond motifs is 2. The zero-order valence-electron chi connectivity index (χ0n) is 19.8. The fraction of sp³-hybridized carbons (Fsp3) is 0.346. The molecule has 180 valence electrons. The molecule has 4 aromatic rings. The van der Waals surface area contributed by atoms with Crippen molar-refractivity contribution in [3.05, 3.63) is 52.7 Å². The van der Waals surface area contributed by atoms with Gasteiger partial charge < -0.3 is 24.6 Å². The van der Waals surface area contributed by atoms with E-state index in [0.717, 1.165) is 34.1 Å². The summed E-state index contributed by atoms with van der Waals surface area (Å²) in [6, 6.07) is 9.28. The van der Waals surface area contributed by atoms with E-state index < -0.39 is 6.10 Å². The first kappa shape index (κ1) is 22.1. The van der Waals surface area contributed by atoms with Crippen LogP contribution in [0.2, 0.25) is 0 Å². The third-order valence-corrected chi connectivity index (χ3v) is 8.64. The largest absolute Gasteiger partial charge is 0.456 e. The Labute approximate surface area is 206 Å². The van der Waals surface area contributed by atoms with Crippen molar-refractivity contribution in [3.8, 4) is 11.5 Å². The number of thiophene rings is 1. The van der Waals surface area contributed by atoms with Gasteiger partial charge >= 0.3 is 0 Å². The number of nitrogens with zero attached hydrogens (tertiary/aromatic N) is 3. The molecule has 35 heavy (non-hydrogen) atoms. The Morgan fingerprint density at radius 1 is 1.29 bits per heavy atom. The van der Waals surface area contributed by atoms with Crippen LogP contribution in [-0.2, 0) is 7.05 Å². The molecule has 8 nitrogen and oxygen atoms in total. The van der Waals surface area contributed by atoms with Crippen molar-refractivity contribution in [1.29, 1.82) is 0 Å². The van der Waals surface area contributed by atoms with Crippen molar-refractivity contribution in [3.63, 3.8) is 0 Å². The Morgan fingerprint density at radius 2 is 2.09 bits per heavy atom. The van der Waals surface area contributed by atoms with Gasteiger partial charge in [-0.1, -0.05) is 0 Å². The van der Waals surface area contributed by atoms with E-state index in [-0.39, 0.29) is 17.4 Å². The first-order chi connectivity index (χ1) is 16.8. The number of hydrogen-bond donors (Lipinski definition) is 2. The van der Waals surface area contributed by atoms with E-state index in [1.54, 1.807) is 19.3 Å². The standard InChI is InChI=1S/C26H26N4O4S/c1-14-22(24(32)27-2)16-6-5-15(11-18(16)29(14)3)34-19-7-9-28-17-12-20(35-23(17)19)25(33)30-10-4-8-26(30)13-21(26)31/h5-7,9,11-12,21,31H,4,8,10,13H2,1-3H3,(H,27,32)/t21-,26?/m0/s1. The Morgan fingerprint density at radius 3 is 2.83 bits per heavy atom. The maximum atomic E-state index is 13.3. The van der Waals surface area contributed by atoms with Crippen LogP contribution in [0.4, 0.5) is 0 Å². The topological polar surface area (TPSA) is 96.7 Å². The van der Waals surface area contributed by atoms with E-state index >= 15 is 0 Å². The molecule has 2 fully saturated rings. The Kier molecular flexibility index (Phi) is 4.91. The van der Waals surface area contributed by atoms with Gasteiger partial charge in [-0.15, -0.1) is 11.3 Å². The van der Waals surface area contributed by atoms with Gasteiger partial charge in [-0.2, -0.15) is 0 Å². The lowest BCUT2D eigenvalue weighted by Crippen LogP contribution is -2.39. The lowest BCUT2D eigenvalue weighted by molar-refractivity contribution is 0.0667. The predicted molar refractivity (Wildman–Crippen MR) is 134 cm³/mol. The van der Waals surface area contributed by atoms with Crippen molar-refractivity contribution in [2.24, 2.45) is 7.05 Å². The maximum absolute atomic E-state index is 13.3. The molecule has 1 aliphatic carbocycles. The van der Waals surface area contributed by atoms with Gasteiger partial charge in [0.2, 0.25) is 0 Å². The summed E-state index contributed by atoms with van der Waals surface area (Å²) in [6.07, 6.45) is 3.71. The van der Waals surface area contributed by atoms with Gasteiger partial charge in [0.15, 0.2) is 0 Å². The van der Waals surface area contributed by atoms with Crippen LogP contribution in [0.5, 0.6) is 11.5 Å². The van der Waals surface area contributed by atoms with Gasteiger partial charge in [-0.25, -0.2) is 0 Å². The van der Waals surface area contributed by atoms with E-state index in [0.29, 0.717) is 40.4 Å². The van der Waals surface area contributed by atoms with Gasteiger partial charge in [-0.05, 0) is 38.0 Å². The molecule has 1 saturated heterocycles. The molecule has 2 atom stereocenters. The number of aromatic nitrogens is 2. The molecule has 0 bridgehead atoms. The molecule has 2 N–H and O–H groups in total. The van der Waals surface area contributed by atoms with E-state index in [1.807, 2.05) is 47.7 Å². The van der Waals surface area contributed by atoms with Crippen molar-refractivity contribution in [1.82, 2.24) is 19.8 Å². The highest BCUT2D eigenvalue weighted by molar-refractivity contribution is 7.21. The molecule has 6 rings (SSSR count). The minimum atomic E-state index is -0.416. The number of aryl methyl sites for hydroxylation is 1. The molecule has 0 radical (unpaired) electrons. The average molecular weight is 491 g/mol. The van der Waals surface area contributed by atoms with Gasteiger partial charge in [-0.3, -0.25) is 14.6 Å². The quantitative estimate of drug-likeness (QED) is 0.451.